The molecular formula is C14H14O2SSi. The van der Waals surface area contributed by atoms with Crippen LogP contribution in [0.5, 0.6) is 11.5 Å². The van der Waals surface area contributed by atoms with Gasteiger partial charge in [-0.3, -0.25) is 0 Å². The summed E-state index contributed by atoms with van der Waals surface area (Å²) in [4.78, 5) is 0. The van der Waals surface area contributed by atoms with E-state index in [-0.39, 0.29) is 0 Å². The molecule has 0 radical (unpaired) electrons. The Balaban J connectivity index is 1.75. The first-order valence-corrected chi connectivity index (χ1v) is 9.72. The highest BCUT2D eigenvalue weighted by atomic mass is 32.4. The van der Waals surface area contributed by atoms with Gasteiger partial charge in [0.2, 0.25) is 0 Å². The molecule has 0 atom stereocenters. The summed E-state index contributed by atoms with van der Waals surface area (Å²) in [5.74, 6) is 2.95. The van der Waals surface area contributed by atoms with Gasteiger partial charge in [0, 0.05) is 6.04 Å². The van der Waals surface area contributed by atoms with E-state index in [2.05, 4.69) is 0 Å². The van der Waals surface area contributed by atoms with Crippen molar-refractivity contribution in [1.29, 1.82) is 0 Å². The minimum Gasteiger partial charge on any atom is -0.505 e. The van der Waals surface area contributed by atoms with Crippen molar-refractivity contribution in [2.75, 3.05) is 5.75 Å². The van der Waals surface area contributed by atoms with E-state index in [9.17, 15) is 0 Å². The van der Waals surface area contributed by atoms with Crippen LogP contribution in [0, 0.1) is 0 Å². The predicted molar refractivity (Wildman–Crippen MR) is 77.2 cm³/mol. The summed E-state index contributed by atoms with van der Waals surface area (Å²) in [5, 5.41) is 0. The van der Waals surface area contributed by atoms with Gasteiger partial charge in [-0.05, 0) is 30.0 Å². The summed E-state index contributed by atoms with van der Waals surface area (Å²) in [6.45, 7) is 0. The SMILES string of the molecule is c1ccc(O[Si]2(Oc3ccccc3)CCS2)cc1. The second-order valence-corrected chi connectivity index (χ2v) is 9.81. The second-order valence-electron chi connectivity index (χ2n) is 4.11. The molecule has 2 aromatic carbocycles. The monoisotopic (exact) mass is 274 g/mol. The zero-order valence-electron chi connectivity index (χ0n) is 9.91. The maximum absolute atomic E-state index is 6.12. The van der Waals surface area contributed by atoms with Crippen LogP contribution in [-0.2, 0) is 0 Å². The molecule has 2 nitrogen and oxygen atoms in total. The largest absolute Gasteiger partial charge is 0.531 e. The van der Waals surface area contributed by atoms with Gasteiger partial charge in [0.1, 0.15) is 11.5 Å². The molecule has 1 aliphatic rings. The summed E-state index contributed by atoms with van der Waals surface area (Å²) < 4.78 is 12.2. The van der Waals surface area contributed by atoms with Crippen molar-refractivity contribution < 1.29 is 8.85 Å². The Morgan fingerprint density at radius 2 is 1.22 bits per heavy atom. The third-order valence-electron chi connectivity index (χ3n) is 2.76. The van der Waals surface area contributed by atoms with Crippen molar-refractivity contribution in [2.45, 2.75) is 6.04 Å². The van der Waals surface area contributed by atoms with E-state index in [4.69, 9.17) is 8.85 Å². The number of para-hydroxylation sites is 2. The Labute approximate surface area is 112 Å². The van der Waals surface area contributed by atoms with Crippen molar-refractivity contribution in [3.8, 4) is 11.5 Å². The minimum absolute atomic E-state index is 0.910. The van der Waals surface area contributed by atoms with Gasteiger partial charge in [0.05, 0.1) is 0 Å². The minimum atomic E-state index is -2.11. The summed E-state index contributed by atoms with van der Waals surface area (Å²) in [7, 11) is -2.11. The lowest BCUT2D eigenvalue weighted by Crippen LogP contribution is -2.52. The maximum Gasteiger partial charge on any atom is 0.531 e. The maximum atomic E-state index is 6.12. The molecule has 1 aliphatic heterocycles. The van der Waals surface area contributed by atoms with Crippen LogP contribution in [0.15, 0.2) is 60.7 Å². The van der Waals surface area contributed by atoms with Gasteiger partial charge >= 0.3 is 7.71 Å². The first kappa shape index (κ1) is 11.7. The first-order valence-electron chi connectivity index (χ1n) is 5.98. The van der Waals surface area contributed by atoms with Crippen LogP contribution in [0.4, 0.5) is 0 Å². The van der Waals surface area contributed by atoms with E-state index in [1.807, 2.05) is 71.9 Å². The van der Waals surface area contributed by atoms with Crippen LogP contribution in [0.1, 0.15) is 0 Å². The highest BCUT2D eigenvalue weighted by Crippen LogP contribution is 2.40. The molecule has 0 bridgehead atoms. The van der Waals surface area contributed by atoms with E-state index >= 15 is 0 Å². The Kier molecular flexibility index (Phi) is 3.30. The number of benzene rings is 2. The molecule has 0 N–H and O–H groups in total. The van der Waals surface area contributed by atoms with Crippen LogP contribution in [0.25, 0.3) is 0 Å². The number of hydrogen-bond donors (Lipinski definition) is 0. The normalized spacial score (nSPS) is 16.7. The third kappa shape index (κ3) is 2.54. The fraction of sp³-hybridized carbons (Fsp3) is 0.143. The van der Waals surface area contributed by atoms with Crippen molar-refractivity contribution in [3.63, 3.8) is 0 Å². The van der Waals surface area contributed by atoms with Crippen molar-refractivity contribution in [3.05, 3.63) is 60.7 Å². The zero-order chi connectivity index (χ0) is 12.3. The highest BCUT2D eigenvalue weighted by molar-refractivity contribution is 8.30. The standard InChI is InChI=1S/C14H14O2SSi/c1-3-7-13(8-4-1)15-18(12-11-17-18)16-14-9-5-2-6-10-14/h1-10H,11-12H2. The van der Waals surface area contributed by atoms with Gasteiger partial charge in [0.25, 0.3) is 0 Å². The lowest BCUT2D eigenvalue weighted by Gasteiger charge is -2.36. The average Bonchev–Trinajstić information content (AvgIpc) is 2.39. The molecule has 0 saturated carbocycles. The molecule has 3 rings (SSSR count). The summed E-state index contributed by atoms with van der Waals surface area (Å²) in [5.41, 5.74) is 0. The number of rotatable bonds is 4. The van der Waals surface area contributed by atoms with Gasteiger partial charge in [0.15, 0.2) is 0 Å². The molecular weight excluding hydrogens is 260 g/mol. The van der Waals surface area contributed by atoms with Crippen LogP contribution in [0.3, 0.4) is 0 Å². The molecule has 4 heteroatoms. The van der Waals surface area contributed by atoms with Crippen LogP contribution in [0.2, 0.25) is 6.04 Å². The van der Waals surface area contributed by atoms with E-state index < -0.39 is 7.71 Å². The summed E-state index contributed by atoms with van der Waals surface area (Å²) >= 11 is 1.84. The van der Waals surface area contributed by atoms with Gasteiger partial charge in [-0.15, -0.1) is 11.2 Å². The molecule has 92 valence electrons. The average molecular weight is 274 g/mol. The van der Waals surface area contributed by atoms with Crippen molar-refractivity contribution >= 4 is 18.9 Å². The Hall–Kier alpha value is -1.39. The molecule has 0 aromatic heterocycles. The first-order chi connectivity index (χ1) is 8.86. The van der Waals surface area contributed by atoms with Gasteiger partial charge in [-0.2, -0.15) is 0 Å². The molecule has 0 unspecified atom stereocenters. The van der Waals surface area contributed by atoms with E-state index in [1.54, 1.807) is 0 Å². The highest BCUT2D eigenvalue weighted by Gasteiger charge is 2.51. The smallest absolute Gasteiger partial charge is 0.505 e. The quantitative estimate of drug-likeness (QED) is 0.789. The molecule has 18 heavy (non-hydrogen) atoms. The lowest BCUT2D eigenvalue weighted by atomic mass is 10.3. The fourth-order valence-electron chi connectivity index (χ4n) is 1.79. The second kappa shape index (κ2) is 5.08. The Morgan fingerprint density at radius 1 is 0.778 bits per heavy atom. The van der Waals surface area contributed by atoms with Gasteiger partial charge in [-0.1, -0.05) is 36.4 Å². The van der Waals surface area contributed by atoms with E-state index in [0.29, 0.717) is 0 Å². The lowest BCUT2D eigenvalue weighted by molar-refractivity contribution is 0.408. The van der Waals surface area contributed by atoms with Crippen molar-refractivity contribution in [1.82, 2.24) is 0 Å². The molecule has 1 heterocycles. The molecule has 2 aromatic rings. The number of hydrogen-bond acceptors (Lipinski definition) is 3. The summed E-state index contributed by atoms with van der Waals surface area (Å²) in [6, 6.07) is 20.9. The molecule has 0 amide bonds. The van der Waals surface area contributed by atoms with Crippen LogP contribution >= 0.6 is 11.2 Å². The van der Waals surface area contributed by atoms with Gasteiger partial charge in [-0.25, -0.2) is 0 Å². The third-order valence-corrected chi connectivity index (χ3v) is 8.97. The topological polar surface area (TPSA) is 18.5 Å². The Bertz CT molecular complexity index is 456. The van der Waals surface area contributed by atoms with Crippen LogP contribution in [-0.4, -0.2) is 13.5 Å². The molecule has 0 spiro atoms. The zero-order valence-corrected chi connectivity index (χ0v) is 11.7. The van der Waals surface area contributed by atoms with Gasteiger partial charge < -0.3 is 8.85 Å². The molecule has 0 aliphatic carbocycles. The van der Waals surface area contributed by atoms with E-state index in [0.717, 1.165) is 23.3 Å². The van der Waals surface area contributed by atoms with Crippen molar-refractivity contribution in [2.24, 2.45) is 0 Å². The molecule has 1 saturated heterocycles. The Morgan fingerprint density at radius 3 is 1.56 bits per heavy atom. The summed E-state index contributed by atoms with van der Waals surface area (Å²) in [6.07, 6.45) is 0. The molecule has 1 fully saturated rings. The predicted octanol–water partition coefficient (Wildman–Crippen LogP) is 3.83. The van der Waals surface area contributed by atoms with Crippen LogP contribution < -0.4 is 8.85 Å². The van der Waals surface area contributed by atoms with E-state index in [1.165, 1.54) is 0 Å². The fourth-order valence-corrected chi connectivity index (χ4v) is 6.22.